The molecule has 1 fully saturated rings. The molecule has 0 unspecified atom stereocenters. The van der Waals surface area contributed by atoms with Crippen molar-refractivity contribution in [2.75, 3.05) is 39.5 Å². The van der Waals surface area contributed by atoms with E-state index in [4.69, 9.17) is 20.9 Å². The standard InChI is InChI=1S/C26H30N6O4/c27-15-22-24(25(28)33)31-23(17-29-22)19-2-1-3-20(14-19)26(34)30-16-18-4-6-21(7-5-18)36-13-10-32-8-11-35-12-9-32/h1-7,14,17H,8-13,15-16,27H2,(H2,28,33)(H,30,34). The van der Waals surface area contributed by atoms with Crippen LogP contribution in [0.4, 0.5) is 0 Å². The number of nitrogens with zero attached hydrogens (tertiary/aromatic N) is 3. The number of ether oxygens (including phenoxy) is 2. The van der Waals surface area contributed by atoms with Crippen LogP contribution in [0.5, 0.6) is 5.75 Å². The van der Waals surface area contributed by atoms with Gasteiger partial charge in [0, 0.05) is 43.9 Å². The molecule has 1 saturated heterocycles. The van der Waals surface area contributed by atoms with Crippen molar-refractivity contribution in [3.8, 4) is 17.0 Å². The van der Waals surface area contributed by atoms with Crippen LogP contribution in [-0.4, -0.2) is 66.1 Å². The third kappa shape index (κ3) is 6.63. The van der Waals surface area contributed by atoms with Crippen LogP contribution in [0.15, 0.2) is 54.7 Å². The number of primary amides is 1. The number of morpholine rings is 1. The first-order valence-corrected chi connectivity index (χ1v) is 11.8. The number of carbonyl (C=O) groups is 2. The molecule has 2 amide bonds. The van der Waals surface area contributed by atoms with Gasteiger partial charge in [0.2, 0.25) is 0 Å². The van der Waals surface area contributed by atoms with E-state index >= 15 is 0 Å². The lowest BCUT2D eigenvalue weighted by Gasteiger charge is -2.26. The molecule has 3 aromatic rings. The summed E-state index contributed by atoms with van der Waals surface area (Å²) in [4.78, 5) is 35.2. The molecule has 5 N–H and O–H groups in total. The van der Waals surface area contributed by atoms with Crippen molar-refractivity contribution in [2.45, 2.75) is 13.1 Å². The average molecular weight is 491 g/mol. The quantitative estimate of drug-likeness (QED) is 0.386. The molecule has 0 bridgehead atoms. The average Bonchev–Trinajstić information content (AvgIpc) is 2.92. The van der Waals surface area contributed by atoms with Crippen LogP contribution in [0.1, 0.15) is 32.1 Å². The second kappa shape index (κ2) is 12.2. The summed E-state index contributed by atoms with van der Waals surface area (Å²) in [7, 11) is 0. The lowest BCUT2D eigenvalue weighted by molar-refractivity contribution is 0.0322. The van der Waals surface area contributed by atoms with E-state index in [1.165, 1.54) is 6.20 Å². The first kappa shape index (κ1) is 25.2. The van der Waals surface area contributed by atoms with Gasteiger partial charge in [-0.25, -0.2) is 4.98 Å². The number of benzene rings is 2. The van der Waals surface area contributed by atoms with Gasteiger partial charge in [-0.05, 0) is 29.8 Å². The van der Waals surface area contributed by atoms with Crippen molar-refractivity contribution in [1.29, 1.82) is 0 Å². The van der Waals surface area contributed by atoms with E-state index in [1.54, 1.807) is 24.3 Å². The van der Waals surface area contributed by atoms with Crippen LogP contribution in [-0.2, 0) is 17.8 Å². The molecule has 2 aromatic carbocycles. The highest BCUT2D eigenvalue weighted by Gasteiger charge is 2.14. The van der Waals surface area contributed by atoms with Crippen LogP contribution >= 0.6 is 0 Å². The smallest absolute Gasteiger partial charge is 0.269 e. The number of amides is 2. The Morgan fingerprint density at radius 2 is 1.89 bits per heavy atom. The molecule has 188 valence electrons. The SMILES string of the molecule is NCc1ncc(-c2cccc(C(=O)NCc3ccc(OCCN4CCOCC4)cc3)c2)nc1C(N)=O. The summed E-state index contributed by atoms with van der Waals surface area (Å²) in [6, 6.07) is 14.6. The minimum absolute atomic E-state index is 0.0263. The van der Waals surface area contributed by atoms with Crippen molar-refractivity contribution in [3.05, 3.63) is 77.2 Å². The van der Waals surface area contributed by atoms with Crippen LogP contribution in [0, 0.1) is 0 Å². The topological polar surface area (TPSA) is 146 Å². The van der Waals surface area contributed by atoms with Gasteiger partial charge in [-0.2, -0.15) is 0 Å². The Kier molecular flexibility index (Phi) is 8.56. The second-order valence-corrected chi connectivity index (χ2v) is 8.33. The molecule has 0 aliphatic carbocycles. The Hall–Kier alpha value is -3.86. The maximum absolute atomic E-state index is 12.8. The molecular weight excluding hydrogens is 460 g/mol. The fourth-order valence-electron chi connectivity index (χ4n) is 3.82. The molecule has 0 spiro atoms. The molecule has 10 nitrogen and oxygen atoms in total. The number of hydrogen-bond donors (Lipinski definition) is 3. The van der Waals surface area contributed by atoms with E-state index in [-0.39, 0.29) is 18.1 Å². The maximum Gasteiger partial charge on any atom is 0.269 e. The van der Waals surface area contributed by atoms with Gasteiger partial charge >= 0.3 is 0 Å². The number of nitrogens with one attached hydrogen (secondary N) is 1. The molecular formula is C26H30N6O4. The summed E-state index contributed by atoms with van der Waals surface area (Å²) in [5, 5.41) is 2.92. The van der Waals surface area contributed by atoms with E-state index < -0.39 is 5.91 Å². The molecule has 10 heteroatoms. The molecule has 0 saturated carbocycles. The van der Waals surface area contributed by atoms with E-state index in [1.807, 2.05) is 24.3 Å². The maximum atomic E-state index is 12.8. The normalized spacial score (nSPS) is 13.8. The predicted molar refractivity (Wildman–Crippen MR) is 134 cm³/mol. The highest BCUT2D eigenvalue weighted by Crippen LogP contribution is 2.19. The summed E-state index contributed by atoms with van der Waals surface area (Å²) in [6.07, 6.45) is 1.51. The lowest BCUT2D eigenvalue weighted by Crippen LogP contribution is -2.38. The Labute approximate surface area is 209 Å². The van der Waals surface area contributed by atoms with Crippen LogP contribution in [0.2, 0.25) is 0 Å². The molecule has 0 radical (unpaired) electrons. The fourth-order valence-corrected chi connectivity index (χ4v) is 3.82. The van der Waals surface area contributed by atoms with E-state index in [9.17, 15) is 9.59 Å². The summed E-state index contributed by atoms with van der Waals surface area (Å²) in [5.74, 6) is -0.139. The minimum Gasteiger partial charge on any atom is -0.492 e. The Morgan fingerprint density at radius 1 is 1.11 bits per heavy atom. The third-order valence-corrected chi connectivity index (χ3v) is 5.85. The van der Waals surface area contributed by atoms with Gasteiger partial charge in [0.05, 0.1) is 30.8 Å². The van der Waals surface area contributed by atoms with Gasteiger partial charge in [-0.1, -0.05) is 24.3 Å². The Bertz CT molecular complexity index is 1200. The first-order chi connectivity index (χ1) is 17.5. The van der Waals surface area contributed by atoms with Gasteiger partial charge < -0.3 is 26.3 Å². The van der Waals surface area contributed by atoms with Crippen LogP contribution in [0.3, 0.4) is 0 Å². The van der Waals surface area contributed by atoms with Crippen molar-refractivity contribution >= 4 is 11.8 Å². The van der Waals surface area contributed by atoms with Crippen molar-refractivity contribution in [1.82, 2.24) is 20.2 Å². The molecule has 2 heterocycles. The van der Waals surface area contributed by atoms with Gasteiger partial charge in [-0.15, -0.1) is 0 Å². The number of rotatable bonds is 10. The molecule has 0 atom stereocenters. The van der Waals surface area contributed by atoms with E-state index in [0.29, 0.717) is 35.7 Å². The second-order valence-electron chi connectivity index (χ2n) is 8.33. The highest BCUT2D eigenvalue weighted by atomic mass is 16.5. The third-order valence-electron chi connectivity index (χ3n) is 5.85. The number of nitrogens with two attached hydrogens (primary N) is 2. The molecule has 1 aliphatic rings. The van der Waals surface area contributed by atoms with Crippen LogP contribution < -0.4 is 21.5 Å². The Balaban J connectivity index is 1.32. The highest BCUT2D eigenvalue weighted by molar-refractivity contribution is 5.95. The van der Waals surface area contributed by atoms with Gasteiger partial charge in [0.15, 0.2) is 5.69 Å². The summed E-state index contributed by atoms with van der Waals surface area (Å²) < 4.78 is 11.2. The summed E-state index contributed by atoms with van der Waals surface area (Å²) in [5.41, 5.74) is 13.8. The minimum atomic E-state index is -0.702. The first-order valence-electron chi connectivity index (χ1n) is 11.8. The summed E-state index contributed by atoms with van der Waals surface area (Å²) in [6.45, 7) is 5.33. The Morgan fingerprint density at radius 3 is 2.61 bits per heavy atom. The molecule has 1 aromatic heterocycles. The zero-order chi connectivity index (χ0) is 25.3. The number of hydrogen-bond acceptors (Lipinski definition) is 8. The monoisotopic (exact) mass is 490 g/mol. The van der Waals surface area contributed by atoms with E-state index in [2.05, 4.69) is 20.2 Å². The van der Waals surface area contributed by atoms with Gasteiger partial charge in [-0.3, -0.25) is 19.5 Å². The van der Waals surface area contributed by atoms with E-state index in [0.717, 1.165) is 44.2 Å². The molecule has 4 rings (SSSR count). The molecule has 1 aliphatic heterocycles. The molecule has 36 heavy (non-hydrogen) atoms. The number of aromatic nitrogens is 2. The van der Waals surface area contributed by atoms with Crippen molar-refractivity contribution in [3.63, 3.8) is 0 Å². The fraction of sp³-hybridized carbons (Fsp3) is 0.308. The number of carbonyl (C=O) groups excluding carboxylic acids is 2. The van der Waals surface area contributed by atoms with Gasteiger partial charge in [0.1, 0.15) is 12.4 Å². The zero-order valence-corrected chi connectivity index (χ0v) is 20.0. The van der Waals surface area contributed by atoms with Crippen molar-refractivity contribution in [2.24, 2.45) is 11.5 Å². The van der Waals surface area contributed by atoms with Crippen molar-refractivity contribution < 1.29 is 19.1 Å². The van der Waals surface area contributed by atoms with Gasteiger partial charge in [0.25, 0.3) is 11.8 Å². The predicted octanol–water partition coefficient (Wildman–Crippen LogP) is 1.34. The van der Waals surface area contributed by atoms with Crippen LogP contribution in [0.25, 0.3) is 11.3 Å². The lowest BCUT2D eigenvalue weighted by atomic mass is 10.1. The zero-order valence-electron chi connectivity index (χ0n) is 20.0. The summed E-state index contributed by atoms with van der Waals surface area (Å²) >= 11 is 0. The largest absolute Gasteiger partial charge is 0.492 e.